The van der Waals surface area contributed by atoms with Gasteiger partial charge in [-0.2, -0.15) is 0 Å². The first-order chi connectivity index (χ1) is 6.15. The van der Waals surface area contributed by atoms with Crippen LogP contribution in [-0.2, 0) is 0 Å². The van der Waals surface area contributed by atoms with Gasteiger partial charge in [-0.15, -0.1) is 0 Å². The predicted molar refractivity (Wildman–Crippen MR) is 57.6 cm³/mol. The van der Waals surface area contributed by atoms with Crippen LogP contribution in [0.25, 0.3) is 0 Å². The van der Waals surface area contributed by atoms with Gasteiger partial charge in [0.05, 0.1) is 9.50 Å². The van der Waals surface area contributed by atoms with E-state index in [0.717, 1.165) is 0 Å². The summed E-state index contributed by atoms with van der Waals surface area (Å²) in [5.74, 6) is -0.0442. The van der Waals surface area contributed by atoms with Crippen LogP contribution in [0.2, 0.25) is 5.02 Å². The summed E-state index contributed by atoms with van der Waals surface area (Å²) in [5, 5.41) is 9.30. The van der Waals surface area contributed by atoms with Crippen LogP contribution in [0.15, 0.2) is 16.6 Å². The molecule has 0 aromatic heterocycles. The van der Waals surface area contributed by atoms with Gasteiger partial charge in [-0.25, -0.2) is 0 Å². The number of aromatic hydroxyl groups is 1. The van der Waals surface area contributed by atoms with Gasteiger partial charge < -0.3 is 5.11 Å². The average molecular weight is 266 g/mol. The summed E-state index contributed by atoms with van der Waals surface area (Å²) in [7, 11) is 0. The molecule has 0 bridgehead atoms. The standard InChI is InChI=1S/C7H4BrClO2.C2H6/c8-5-1-4(3-10)2-6(9)7(5)11;1-2/h1-3,11H;1-2H3. The largest absolute Gasteiger partial charge is 0.505 e. The molecule has 1 rings (SSSR count). The Morgan fingerprint density at radius 2 is 2.00 bits per heavy atom. The highest BCUT2D eigenvalue weighted by Crippen LogP contribution is 2.32. The van der Waals surface area contributed by atoms with Crippen LogP contribution in [0.5, 0.6) is 5.75 Å². The molecule has 0 radical (unpaired) electrons. The lowest BCUT2D eigenvalue weighted by molar-refractivity contribution is 0.112. The quantitative estimate of drug-likeness (QED) is 0.787. The van der Waals surface area contributed by atoms with E-state index in [4.69, 9.17) is 16.7 Å². The highest BCUT2D eigenvalue weighted by molar-refractivity contribution is 9.10. The number of phenols is 1. The Morgan fingerprint density at radius 3 is 2.38 bits per heavy atom. The summed E-state index contributed by atoms with van der Waals surface area (Å²) in [4.78, 5) is 10.3. The van der Waals surface area contributed by atoms with Crippen molar-refractivity contribution in [2.75, 3.05) is 0 Å². The molecule has 0 aliphatic heterocycles. The number of halogens is 2. The fourth-order valence-electron chi connectivity index (χ4n) is 0.653. The molecule has 2 nitrogen and oxygen atoms in total. The van der Waals surface area contributed by atoms with Crippen molar-refractivity contribution in [2.24, 2.45) is 0 Å². The number of hydrogen-bond donors (Lipinski definition) is 1. The maximum Gasteiger partial charge on any atom is 0.150 e. The lowest BCUT2D eigenvalue weighted by Gasteiger charge is -1.99. The Balaban J connectivity index is 0.000000671. The molecule has 0 saturated carbocycles. The number of carbonyl (C=O) groups excluding carboxylic acids is 1. The van der Waals surface area contributed by atoms with Crippen molar-refractivity contribution in [2.45, 2.75) is 13.8 Å². The van der Waals surface area contributed by atoms with Crippen LogP contribution in [-0.4, -0.2) is 11.4 Å². The van der Waals surface area contributed by atoms with Crippen molar-refractivity contribution in [3.63, 3.8) is 0 Å². The second kappa shape index (κ2) is 6.00. The molecule has 0 amide bonds. The highest BCUT2D eigenvalue weighted by atomic mass is 79.9. The van der Waals surface area contributed by atoms with E-state index < -0.39 is 0 Å². The van der Waals surface area contributed by atoms with Gasteiger partial charge in [0.1, 0.15) is 12.0 Å². The zero-order valence-corrected chi connectivity index (χ0v) is 9.69. The summed E-state index contributed by atoms with van der Waals surface area (Å²) in [6.07, 6.45) is 0.663. The second-order valence-electron chi connectivity index (χ2n) is 1.95. The van der Waals surface area contributed by atoms with Crippen LogP contribution in [0.4, 0.5) is 0 Å². The minimum Gasteiger partial charge on any atom is -0.505 e. The van der Waals surface area contributed by atoms with E-state index in [0.29, 0.717) is 16.3 Å². The molecule has 13 heavy (non-hydrogen) atoms. The van der Waals surface area contributed by atoms with Gasteiger partial charge in [0.15, 0.2) is 0 Å². The van der Waals surface area contributed by atoms with Gasteiger partial charge in [0.2, 0.25) is 0 Å². The van der Waals surface area contributed by atoms with Crippen LogP contribution >= 0.6 is 27.5 Å². The van der Waals surface area contributed by atoms with Crippen LogP contribution in [0.3, 0.4) is 0 Å². The van der Waals surface area contributed by atoms with Crippen molar-refractivity contribution in [1.29, 1.82) is 0 Å². The minimum atomic E-state index is -0.0442. The van der Waals surface area contributed by atoms with Gasteiger partial charge in [0, 0.05) is 5.56 Å². The van der Waals surface area contributed by atoms with E-state index in [-0.39, 0.29) is 10.8 Å². The molecule has 1 N–H and O–H groups in total. The van der Waals surface area contributed by atoms with Gasteiger partial charge in [-0.3, -0.25) is 4.79 Å². The average Bonchev–Trinajstić information content (AvgIpc) is 2.16. The van der Waals surface area contributed by atoms with Crippen LogP contribution in [0, 0.1) is 0 Å². The first-order valence-electron chi connectivity index (χ1n) is 3.78. The SMILES string of the molecule is CC.O=Cc1cc(Cl)c(O)c(Br)c1. The number of hydrogen-bond acceptors (Lipinski definition) is 2. The molecule has 0 aliphatic rings. The third kappa shape index (κ3) is 3.36. The number of phenolic OH excluding ortho intramolecular Hbond substituents is 1. The number of aldehydes is 1. The molecular formula is C9H10BrClO2. The number of benzene rings is 1. The summed E-state index contributed by atoms with van der Waals surface area (Å²) < 4.78 is 0.423. The number of rotatable bonds is 1. The van der Waals surface area contributed by atoms with Gasteiger partial charge >= 0.3 is 0 Å². The Labute approximate surface area is 90.7 Å². The summed E-state index contributed by atoms with van der Waals surface area (Å²) >= 11 is 8.60. The van der Waals surface area contributed by atoms with E-state index in [1.54, 1.807) is 0 Å². The molecule has 0 fully saturated rings. The predicted octanol–water partition coefficient (Wildman–Crippen LogP) is 3.65. The van der Waals surface area contributed by atoms with Crippen molar-refractivity contribution in [3.8, 4) is 5.75 Å². The second-order valence-corrected chi connectivity index (χ2v) is 3.21. The van der Waals surface area contributed by atoms with Crippen LogP contribution < -0.4 is 0 Å². The molecule has 4 heteroatoms. The molecule has 0 atom stereocenters. The zero-order chi connectivity index (χ0) is 10.4. The van der Waals surface area contributed by atoms with E-state index in [1.165, 1.54) is 12.1 Å². The highest BCUT2D eigenvalue weighted by Gasteiger charge is 2.04. The van der Waals surface area contributed by atoms with Crippen molar-refractivity contribution >= 4 is 33.8 Å². The molecule has 72 valence electrons. The maximum absolute atomic E-state index is 10.3. The Hall–Kier alpha value is -0.540. The smallest absolute Gasteiger partial charge is 0.150 e. The first-order valence-corrected chi connectivity index (χ1v) is 4.95. The van der Waals surface area contributed by atoms with Crippen molar-refractivity contribution < 1.29 is 9.90 Å². The van der Waals surface area contributed by atoms with Gasteiger partial charge in [0.25, 0.3) is 0 Å². The lowest BCUT2D eigenvalue weighted by atomic mass is 10.2. The number of carbonyl (C=O) groups is 1. The molecule has 0 aliphatic carbocycles. The first kappa shape index (κ1) is 12.5. The van der Waals surface area contributed by atoms with Gasteiger partial charge in [-0.1, -0.05) is 25.4 Å². The normalized spacial score (nSPS) is 8.62. The summed E-state index contributed by atoms with van der Waals surface area (Å²) in [6, 6.07) is 2.89. The fraction of sp³-hybridized carbons (Fsp3) is 0.222. The van der Waals surface area contributed by atoms with Crippen molar-refractivity contribution in [1.82, 2.24) is 0 Å². The Bertz CT molecular complexity index is 277. The monoisotopic (exact) mass is 264 g/mol. The lowest BCUT2D eigenvalue weighted by Crippen LogP contribution is -1.80. The van der Waals surface area contributed by atoms with E-state index in [2.05, 4.69) is 15.9 Å². The molecular weight excluding hydrogens is 255 g/mol. The Morgan fingerprint density at radius 1 is 1.46 bits per heavy atom. The summed E-state index contributed by atoms with van der Waals surface area (Å²) in [5.41, 5.74) is 0.430. The third-order valence-corrected chi connectivity index (χ3v) is 2.07. The zero-order valence-electron chi connectivity index (χ0n) is 7.34. The van der Waals surface area contributed by atoms with E-state index >= 15 is 0 Å². The molecule has 0 saturated heterocycles. The molecule has 0 spiro atoms. The molecule has 1 aromatic rings. The fourth-order valence-corrected chi connectivity index (χ4v) is 1.47. The van der Waals surface area contributed by atoms with E-state index in [9.17, 15) is 4.79 Å². The minimum absolute atomic E-state index is 0.0442. The van der Waals surface area contributed by atoms with Gasteiger partial charge in [-0.05, 0) is 28.1 Å². The molecule has 1 aromatic carbocycles. The van der Waals surface area contributed by atoms with E-state index in [1.807, 2.05) is 13.8 Å². The molecule has 0 unspecified atom stereocenters. The topological polar surface area (TPSA) is 37.3 Å². The maximum atomic E-state index is 10.3. The molecule has 0 heterocycles. The summed E-state index contributed by atoms with van der Waals surface area (Å²) in [6.45, 7) is 4.00. The Kier molecular flexibility index (Phi) is 5.75. The van der Waals surface area contributed by atoms with Crippen LogP contribution in [0.1, 0.15) is 24.2 Å². The van der Waals surface area contributed by atoms with Crippen molar-refractivity contribution in [3.05, 3.63) is 27.2 Å². The third-order valence-electron chi connectivity index (χ3n) is 1.18.